The van der Waals surface area contributed by atoms with Gasteiger partial charge in [0.2, 0.25) is 23.5 Å². The Morgan fingerprint density at radius 3 is 2.31 bits per heavy atom. The van der Waals surface area contributed by atoms with Crippen LogP contribution in [0.5, 0.6) is 5.75 Å². The highest BCUT2D eigenvalue weighted by atomic mass is 19.3. The molecule has 1 aromatic carbocycles. The fraction of sp³-hybridized carbons (Fsp3) is 0.583. The Bertz CT molecular complexity index is 1470. The Morgan fingerprint density at radius 1 is 1.02 bits per heavy atom. The van der Waals surface area contributed by atoms with Crippen molar-refractivity contribution in [1.82, 2.24) is 20.1 Å². The maximum atomic E-state index is 15.7. The molecule has 10 nitrogen and oxygen atoms in total. The van der Waals surface area contributed by atoms with Gasteiger partial charge in [-0.2, -0.15) is 8.78 Å². The second-order valence-electron chi connectivity index (χ2n) is 13.2. The fourth-order valence-corrected chi connectivity index (χ4v) is 6.61. The number of piperazine rings is 1. The van der Waals surface area contributed by atoms with E-state index in [0.29, 0.717) is 44.6 Å². The van der Waals surface area contributed by atoms with Crippen LogP contribution in [0.4, 0.5) is 18.9 Å². The van der Waals surface area contributed by atoms with Gasteiger partial charge < -0.3 is 25.2 Å². The fourth-order valence-electron chi connectivity index (χ4n) is 6.61. The minimum atomic E-state index is -3.92. The average Bonchev–Trinajstić information content (AvgIpc) is 3.39. The first-order valence-corrected chi connectivity index (χ1v) is 17.1. The van der Waals surface area contributed by atoms with Crippen LogP contribution >= 0.6 is 0 Å². The van der Waals surface area contributed by atoms with E-state index in [4.69, 9.17) is 4.74 Å². The number of ketones is 1. The number of carbonyl (C=O) groups excluding carboxylic acids is 4. The number of aromatic nitrogens is 1. The summed E-state index contributed by atoms with van der Waals surface area (Å²) >= 11 is 0. The first-order valence-electron chi connectivity index (χ1n) is 17.1. The van der Waals surface area contributed by atoms with E-state index < -0.39 is 53.3 Å². The Balaban J connectivity index is 1.54. The molecule has 2 N–H and O–H groups in total. The summed E-state index contributed by atoms with van der Waals surface area (Å²) < 4.78 is 51.5. The Hall–Kier alpha value is -4.00. The Kier molecular flexibility index (Phi) is 13.2. The zero-order valence-electron chi connectivity index (χ0n) is 28.8. The minimum absolute atomic E-state index is 0.0686. The van der Waals surface area contributed by atoms with Gasteiger partial charge in [0.1, 0.15) is 17.6 Å². The number of nitrogens with one attached hydrogen (secondary N) is 2. The number of halogens is 3. The molecule has 2 aliphatic rings. The molecular formula is C36H48F3N5O5. The van der Waals surface area contributed by atoms with E-state index in [1.165, 1.54) is 25.4 Å². The third kappa shape index (κ3) is 9.58. The molecule has 0 radical (unpaired) electrons. The number of methoxy groups -OCH3 is 1. The lowest BCUT2D eigenvalue weighted by molar-refractivity contribution is -0.147. The van der Waals surface area contributed by atoms with Crippen molar-refractivity contribution in [2.24, 2.45) is 11.8 Å². The molecule has 1 saturated carbocycles. The van der Waals surface area contributed by atoms with E-state index in [1.807, 2.05) is 7.05 Å². The molecule has 0 bridgehead atoms. The van der Waals surface area contributed by atoms with Crippen LogP contribution in [-0.4, -0.2) is 84.7 Å². The molecule has 3 atom stereocenters. The van der Waals surface area contributed by atoms with E-state index >= 15 is 13.2 Å². The molecule has 2 aromatic rings. The van der Waals surface area contributed by atoms with Gasteiger partial charge in [0.05, 0.1) is 24.6 Å². The topological polar surface area (TPSA) is 121 Å². The highest BCUT2D eigenvalue weighted by Gasteiger charge is 2.44. The first kappa shape index (κ1) is 37.8. The lowest BCUT2D eigenvalue weighted by Crippen LogP contribution is -2.55. The predicted octanol–water partition coefficient (Wildman–Crippen LogP) is 5.28. The molecule has 0 unspecified atom stereocenters. The summed E-state index contributed by atoms with van der Waals surface area (Å²) in [5.41, 5.74) is -0.371. The van der Waals surface area contributed by atoms with Crippen LogP contribution < -0.4 is 15.4 Å². The summed E-state index contributed by atoms with van der Waals surface area (Å²) in [7, 11) is 3.27. The quantitative estimate of drug-likeness (QED) is 0.275. The summed E-state index contributed by atoms with van der Waals surface area (Å²) in [6, 6.07) is 4.25. The average molecular weight is 688 g/mol. The van der Waals surface area contributed by atoms with E-state index in [-0.39, 0.29) is 35.6 Å². The van der Waals surface area contributed by atoms with Crippen molar-refractivity contribution in [3.8, 4) is 5.75 Å². The number of benzene rings is 1. The van der Waals surface area contributed by atoms with Crippen LogP contribution in [0.25, 0.3) is 0 Å². The monoisotopic (exact) mass is 687 g/mol. The van der Waals surface area contributed by atoms with Crippen molar-refractivity contribution in [2.75, 3.05) is 45.7 Å². The lowest BCUT2D eigenvalue weighted by atomic mass is 9.81. The molecule has 1 aliphatic carbocycles. The van der Waals surface area contributed by atoms with Gasteiger partial charge in [-0.15, -0.1) is 0 Å². The van der Waals surface area contributed by atoms with Gasteiger partial charge in [0, 0.05) is 57.1 Å². The Labute approximate surface area is 286 Å². The second-order valence-corrected chi connectivity index (χ2v) is 13.2. The molecule has 268 valence electrons. The number of alkyl halides is 2. The van der Waals surface area contributed by atoms with E-state index in [1.54, 1.807) is 24.8 Å². The number of hydrogen-bond donors (Lipinski definition) is 2. The van der Waals surface area contributed by atoms with Crippen molar-refractivity contribution in [2.45, 2.75) is 83.1 Å². The summed E-state index contributed by atoms with van der Waals surface area (Å²) in [4.78, 5) is 60.4. The number of hydrogen-bond acceptors (Lipinski definition) is 7. The number of amides is 3. The van der Waals surface area contributed by atoms with Gasteiger partial charge in [0.15, 0.2) is 0 Å². The van der Waals surface area contributed by atoms with Crippen molar-refractivity contribution in [3.63, 3.8) is 0 Å². The number of carbonyl (C=O) groups is 4. The summed E-state index contributed by atoms with van der Waals surface area (Å²) in [5, 5.41) is 5.37. The molecule has 0 spiro atoms. The molecular weight excluding hydrogens is 639 g/mol. The van der Waals surface area contributed by atoms with Gasteiger partial charge >= 0.3 is 5.92 Å². The number of rotatable bonds is 13. The third-order valence-corrected chi connectivity index (χ3v) is 9.87. The molecule has 1 saturated heterocycles. The van der Waals surface area contributed by atoms with Gasteiger partial charge in [-0.25, -0.2) is 4.39 Å². The molecule has 1 aromatic heterocycles. The van der Waals surface area contributed by atoms with Gasteiger partial charge in [-0.1, -0.05) is 45.6 Å². The number of nitrogens with zero attached hydrogens (tertiary/aromatic N) is 3. The largest absolute Gasteiger partial charge is 0.495 e. The lowest BCUT2D eigenvalue weighted by Gasteiger charge is -2.36. The van der Waals surface area contributed by atoms with Gasteiger partial charge in [-0.05, 0) is 49.6 Å². The van der Waals surface area contributed by atoms with E-state index in [9.17, 15) is 19.2 Å². The molecule has 2 heterocycles. The van der Waals surface area contributed by atoms with Crippen LogP contribution in [0.1, 0.15) is 82.3 Å². The summed E-state index contributed by atoms with van der Waals surface area (Å²) in [5.74, 6) is -9.39. The number of ether oxygens (including phenoxy) is 1. The number of Topliss-reactive ketones (excluding diaryl/α,β-unsaturated/α-hetero) is 1. The second kappa shape index (κ2) is 17.1. The highest BCUT2D eigenvalue weighted by molar-refractivity contribution is 5.97. The predicted molar refractivity (Wildman–Crippen MR) is 179 cm³/mol. The van der Waals surface area contributed by atoms with Crippen LogP contribution in [-0.2, 0) is 25.1 Å². The van der Waals surface area contributed by atoms with E-state index in [2.05, 4.69) is 20.5 Å². The molecule has 3 amide bonds. The number of anilines is 1. The first-order chi connectivity index (χ1) is 23.3. The van der Waals surface area contributed by atoms with Gasteiger partial charge in [0.25, 0.3) is 0 Å². The van der Waals surface area contributed by atoms with Crippen LogP contribution in [0, 0.1) is 17.7 Å². The molecule has 4 rings (SSSR count). The maximum absolute atomic E-state index is 15.7. The standard InChI is InChI=1S/C36H48F3N5O5/c1-5-32(46)42-33(35(48)44-16-14-43(3)15-17-44)23(2)25-12-13-30(29(37)18-25)41-34(47)28(24-10-8-6-7-9-11-24)20-31(45)36(38,39)26-19-27(49-4)22-40-21-26/h12-13,18-19,21-24,28,33H,5-11,14-17,20H2,1-4H3,(H,41,47)(H,42,46)/t23-,28-,33+/m0/s1. The highest BCUT2D eigenvalue weighted by Crippen LogP contribution is 2.37. The van der Waals surface area contributed by atoms with Crippen molar-refractivity contribution >= 4 is 29.2 Å². The molecule has 13 heteroatoms. The number of likely N-dealkylation sites (N-methyl/N-ethyl adjacent to an activating group) is 1. The third-order valence-electron chi connectivity index (χ3n) is 9.87. The zero-order chi connectivity index (χ0) is 35.7. The van der Waals surface area contributed by atoms with Gasteiger partial charge in [-0.3, -0.25) is 24.2 Å². The number of pyridine rings is 1. The van der Waals surface area contributed by atoms with E-state index in [0.717, 1.165) is 37.9 Å². The minimum Gasteiger partial charge on any atom is -0.495 e. The molecule has 1 aliphatic heterocycles. The summed E-state index contributed by atoms with van der Waals surface area (Å²) in [6.07, 6.45) is 6.23. The smallest absolute Gasteiger partial charge is 0.332 e. The Morgan fingerprint density at radius 2 is 1.69 bits per heavy atom. The van der Waals surface area contributed by atoms with Crippen LogP contribution in [0.3, 0.4) is 0 Å². The zero-order valence-corrected chi connectivity index (χ0v) is 28.8. The summed E-state index contributed by atoms with van der Waals surface area (Å²) in [6.45, 7) is 5.82. The molecule has 2 fully saturated rings. The van der Waals surface area contributed by atoms with Crippen molar-refractivity contribution < 1.29 is 37.1 Å². The SMILES string of the molecule is CCC(=O)N[C@@H](C(=O)N1CCN(C)CC1)[C@@H](C)c1ccc(NC(=O)[C@@H](CC(=O)C(F)(F)c2cncc(OC)c2)C2CCCCCC2)c(F)c1. The van der Waals surface area contributed by atoms with Crippen molar-refractivity contribution in [1.29, 1.82) is 0 Å². The maximum Gasteiger partial charge on any atom is 0.332 e. The molecule has 49 heavy (non-hydrogen) atoms. The normalized spacial score (nSPS) is 18.1. The van der Waals surface area contributed by atoms with Crippen LogP contribution in [0.15, 0.2) is 36.7 Å². The van der Waals surface area contributed by atoms with Crippen LogP contribution in [0.2, 0.25) is 0 Å². The van der Waals surface area contributed by atoms with Crippen molar-refractivity contribution in [3.05, 3.63) is 53.6 Å².